The van der Waals surface area contributed by atoms with Gasteiger partial charge >= 0.3 is 0 Å². The first-order valence-electron chi connectivity index (χ1n) is 9.49. The molecule has 29 heavy (non-hydrogen) atoms. The van der Waals surface area contributed by atoms with Crippen LogP contribution >= 0.6 is 0 Å². The molecule has 4 rings (SSSR count). The maximum atomic E-state index is 12.5. The molecule has 1 amide bonds. The second-order valence-electron chi connectivity index (χ2n) is 7.19. The van der Waals surface area contributed by atoms with E-state index in [0.29, 0.717) is 29.7 Å². The highest BCUT2D eigenvalue weighted by molar-refractivity contribution is 5.95. The normalized spacial score (nSPS) is 15.8. The summed E-state index contributed by atoms with van der Waals surface area (Å²) in [6.07, 6.45) is 3.65. The average Bonchev–Trinajstić information content (AvgIpc) is 3.04. The molecule has 0 saturated heterocycles. The van der Waals surface area contributed by atoms with Gasteiger partial charge in [-0.2, -0.15) is 9.78 Å². The lowest BCUT2D eigenvalue weighted by Gasteiger charge is -2.25. The minimum Gasteiger partial charge on any atom is -0.493 e. The first-order valence-corrected chi connectivity index (χ1v) is 9.49. The molecule has 3 heterocycles. The number of ether oxygens (including phenoxy) is 2. The van der Waals surface area contributed by atoms with Crippen LogP contribution in [0.1, 0.15) is 43.0 Å². The molecular weight excluding hydrogens is 370 g/mol. The summed E-state index contributed by atoms with van der Waals surface area (Å²) in [5, 5.41) is 7.53. The summed E-state index contributed by atoms with van der Waals surface area (Å²) in [6, 6.07) is 7.53. The third-order valence-electron chi connectivity index (χ3n) is 4.80. The molecule has 1 atom stereocenters. The Kier molecular flexibility index (Phi) is 4.92. The van der Waals surface area contributed by atoms with Crippen molar-refractivity contribution in [1.29, 1.82) is 0 Å². The highest BCUT2D eigenvalue weighted by Crippen LogP contribution is 2.42. The van der Waals surface area contributed by atoms with E-state index in [2.05, 4.69) is 20.4 Å². The fourth-order valence-electron chi connectivity index (χ4n) is 3.63. The molecule has 1 aliphatic heterocycles. The van der Waals surface area contributed by atoms with Crippen molar-refractivity contribution < 1.29 is 14.3 Å². The Balaban J connectivity index is 1.80. The van der Waals surface area contributed by atoms with Crippen LogP contribution in [0.4, 0.5) is 5.82 Å². The third kappa shape index (κ3) is 3.53. The minimum atomic E-state index is -0.154. The lowest BCUT2D eigenvalue weighted by Crippen LogP contribution is -2.25. The van der Waals surface area contributed by atoms with Gasteiger partial charge in [-0.3, -0.25) is 4.79 Å². The van der Waals surface area contributed by atoms with Gasteiger partial charge in [0.2, 0.25) is 5.91 Å². The van der Waals surface area contributed by atoms with E-state index in [-0.39, 0.29) is 17.9 Å². The summed E-state index contributed by atoms with van der Waals surface area (Å²) in [7, 11) is 1.61. The van der Waals surface area contributed by atoms with Crippen molar-refractivity contribution in [3.05, 3.63) is 53.5 Å². The Morgan fingerprint density at radius 3 is 2.66 bits per heavy atom. The van der Waals surface area contributed by atoms with E-state index in [1.807, 2.05) is 39.0 Å². The zero-order valence-electron chi connectivity index (χ0n) is 16.8. The van der Waals surface area contributed by atoms with Gasteiger partial charge in [-0.05, 0) is 44.5 Å². The Morgan fingerprint density at radius 1 is 1.21 bits per heavy atom. The quantitative estimate of drug-likeness (QED) is 0.716. The third-order valence-corrected chi connectivity index (χ3v) is 4.80. The van der Waals surface area contributed by atoms with Crippen molar-refractivity contribution in [2.75, 3.05) is 12.4 Å². The Bertz CT molecular complexity index is 1050. The molecule has 1 aliphatic rings. The van der Waals surface area contributed by atoms with E-state index in [9.17, 15) is 4.79 Å². The summed E-state index contributed by atoms with van der Waals surface area (Å²) in [4.78, 5) is 21.0. The Morgan fingerprint density at radius 2 is 1.97 bits per heavy atom. The molecule has 0 unspecified atom stereocenters. The fourth-order valence-corrected chi connectivity index (χ4v) is 3.63. The molecule has 0 aliphatic carbocycles. The highest BCUT2D eigenvalue weighted by Gasteiger charge is 2.33. The Hall–Kier alpha value is -3.42. The standard InChI is InChI=1S/C21H23N5O3/c1-12(2)29-16-7-6-14(10-17(16)28-4)15-11-18(27)24-20-19(15)13(3)25-26(20)21-22-8-5-9-23-21/h5-10,12,15H,11H2,1-4H3,(H,24,27)/t15-/m1/s1. The molecule has 0 bridgehead atoms. The molecule has 8 heteroatoms. The van der Waals surface area contributed by atoms with Crippen LogP contribution in [0.2, 0.25) is 0 Å². The molecule has 1 N–H and O–H groups in total. The zero-order valence-corrected chi connectivity index (χ0v) is 16.8. The Labute approximate surface area is 168 Å². The van der Waals surface area contributed by atoms with Crippen LogP contribution in [-0.4, -0.2) is 38.9 Å². The average molecular weight is 393 g/mol. The molecule has 150 valence electrons. The predicted molar refractivity (Wildman–Crippen MR) is 108 cm³/mol. The van der Waals surface area contributed by atoms with E-state index in [4.69, 9.17) is 9.47 Å². The van der Waals surface area contributed by atoms with E-state index in [1.165, 1.54) is 0 Å². The molecular formula is C21H23N5O3. The number of methoxy groups -OCH3 is 1. The minimum absolute atomic E-state index is 0.0353. The summed E-state index contributed by atoms with van der Waals surface area (Å²) in [6.45, 7) is 5.86. The van der Waals surface area contributed by atoms with Gasteiger partial charge in [0.15, 0.2) is 11.5 Å². The molecule has 1 aromatic carbocycles. The largest absolute Gasteiger partial charge is 0.493 e. The number of hydrogen-bond acceptors (Lipinski definition) is 6. The first-order chi connectivity index (χ1) is 14.0. The summed E-state index contributed by atoms with van der Waals surface area (Å²) in [5.74, 6) is 2.10. The number of fused-ring (bicyclic) bond motifs is 1. The second-order valence-corrected chi connectivity index (χ2v) is 7.19. The van der Waals surface area contributed by atoms with Gasteiger partial charge in [-0.15, -0.1) is 0 Å². The number of aromatic nitrogens is 4. The van der Waals surface area contributed by atoms with Crippen molar-refractivity contribution in [2.45, 2.75) is 39.2 Å². The number of nitrogens with one attached hydrogen (secondary N) is 1. The van der Waals surface area contributed by atoms with Gasteiger partial charge in [0, 0.05) is 30.3 Å². The summed E-state index contributed by atoms with van der Waals surface area (Å²) < 4.78 is 12.9. The van der Waals surface area contributed by atoms with Crippen LogP contribution in [0.15, 0.2) is 36.7 Å². The number of nitrogens with zero attached hydrogens (tertiary/aromatic N) is 4. The smallest absolute Gasteiger partial charge is 0.252 e. The van der Waals surface area contributed by atoms with Crippen LogP contribution in [-0.2, 0) is 4.79 Å². The molecule has 2 aromatic heterocycles. The van der Waals surface area contributed by atoms with Crippen LogP contribution in [0, 0.1) is 6.92 Å². The number of anilines is 1. The van der Waals surface area contributed by atoms with Crippen molar-refractivity contribution in [2.24, 2.45) is 0 Å². The number of carbonyl (C=O) groups excluding carboxylic acids is 1. The van der Waals surface area contributed by atoms with Crippen LogP contribution in [0.5, 0.6) is 11.5 Å². The monoisotopic (exact) mass is 393 g/mol. The molecule has 3 aromatic rings. The molecule has 0 saturated carbocycles. The number of rotatable bonds is 5. The van der Waals surface area contributed by atoms with E-state index in [1.54, 1.807) is 30.3 Å². The zero-order chi connectivity index (χ0) is 20.5. The number of hydrogen-bond donors (Lipinski definition) is 1. The van der Waals surface area contributed by atoms with Gasteiger partial charge < -0.3 is 14.8 Å². The highest BCUT2D eigenvalue weighted by atomic mass is 16.5. The topological polar surface area (TPSA) is 91.2 Å². The van der Waals surface area contributed by atoms with Crippen molar-refractivity contribution in [3.8, 4) is 17.4 Å². The van der Waals surface area contributed by atoms with E-state index >= 15 is 0 Å². The fraction of sp³-hybridized carbons (Fsp3) is 0.333. The van der Waals surface area contributed by atoms with E-state index < -0.39 is 0 Å². The maximum Gasteiger partial charge on any atom is 0.252 e. The van der Waals surface area contributed by atoms with Gasteiger partial charge in [0.05, 0.1) is 18.9 Å². The van der Waals surface area contributed by atoms with Crippen molar-refractivity contribution in [3.63, 3.8) is 0 Å². The van der Waals surface area contributed by atoms with Crippen LogP contribution < -0.4 is 14.8 Å². The SMILES string of the molecule is COc1cc([C@H]2CC(=O)Nc3c2c(C)nn3-c2ncccn2)ccc1OC(C)C. The van der Waals surface area contributed by atoms with Gasteiger partial charge in [-0.1, -0.05) is 6.07 Å². The lowest BCUT2D eigenvalue weighted by molar-refractivity contribution is -0.116. The van der Waals surface area contributed by atoms with Gasteiger partial charge in [0.25, 0.3) is 5.95 Å². The molecule has 0 radical (unpaired) electrons. The summed E-state index contributed by atoms with van der Waals surface area (Å²) in [5.41, 5.74) is 2.74. The molecule has 0 fully saturated rings. The molecule has 0 spiro atoms. The van der Waals surface area contributed by atoms with Gasteiger partial charge in [0.1, 0.15) is 5.82 Å². The number of benzene rings is 1. The van der Waals surface area contributed by atoms with Gasteiger partial charge in [-0.25, -0.2) is 9.97 Å². The second kappa shape index (κ2) is 7.54. The lowest BCUT2D eigenvalue weighted by atomic mass is 9.85. The number of amides is 1. The predicted octanol–water partition coefficient (Wildman–Crippen LogP) is 3.24. The number of carbonyl (C=O) groups is 1. The van der Waals surface area contributed by atoms with E-state index in [0.717, 1.165) is 16.8 Å². The van der Waals surface area contributed by atoms with Crippen molar-refractivity contribution in [1.82, 2.24) is 19.7 Å². The summed E-state index contributed by atoms with van der Waals surface area (Å²) >= 11 is 0. The van der Waals surface area contributed by atoms with Crippen LogP contribution in [0.3, 0.4) is 0 Å². The maximum absolute atomic E-state index is 12.5. The van der Waals surface area contributed by atoms with Crippen LogP contribution in [0.25, 0.3) is 5.95 Å². The molecule has 8 nitrogen and oxygen atoms in total. The number of aryl methyl sites for hydroxylation is 1. The first kappa shape index (κ1) is 18.9. The van der Waals surface area contributed by atoms with Crippen molar-refractivity contribution >= 4 is 11.7 Å².